The van der Waals surface area contributed by atoms with Crippen LogP contribution in [-0.2, 0) is 21.6 Å². The second-order valence-electron chi connectivity index (χ2n) is 6.16. The topological polar surface area (TPSA) is 85.5 Å². The Hall–Kier alpha value is -1.43. The molecule has 110 valence electrons. The molecular formula is C14H20N2O4. The molecule has 2 fully saturated rings. The number of hydrogen-bond donors (Lipinski definition) is 1. The van der Waals surface area contributed by atoms with Crippen LogP contribution in [0, 0.1) is 5.41 Å². The van der Waals surface area contributed by atoms with E-state index in [0.717, 1.165) is 25.7 Å². The highest BCUT2D eigenvalue weighted by Crippen LogP contribution is 2.41. The van der Waals surface area contributed by atoms with Crippen molar-refractivity contribution in [3.05, 3.63) is 11.7 Å². The van der Waals surface area contributed by atoms with E-state index in [2.05, 4.69) is 10.1 Å². The molecule has 2 heterocycles. The normalized spacial score (nSPS) is 28.9. The SMILES string of the molecule is CC1(c2noc(CC3(C(=O)O)CCCC3)n2)CCCO1. The van der Waals surface area contributed by atoms with E-state index in [-0.39, 0.29) is 0 Å². The number of nitrogens with zero attached hydrogens (tertiary/aromatic N) is 2. The van der Waals surface area contributed by atoms with E-state index in [1.165, 1.54) is 0 Å². The van der Waals surface area contributed by atoms with Crippen molar-refractivity contribution >= 4 is 5.97 Å². The van der Waals surface area contributed by atoms with E-state index in [4.69, 9.17) is 9.26 Å². The van der Waals surface area contributed by atoms with E-state index in [9.17, 15) is 9.90 Å². The highest BCUT2D eigenvalue weighted by atomic mass is 16.5. The third kappa shape index (κ3) is 2.22. The molecule has 1 atom stereocenters. The first-order chi connectivity index (χ1) is 9.54. The summed E-state index contributed by atoms with van der Waals surface area (Å²) >= 11 is 0. The molecule has 0 spiro atoms. The Morgan fingerprint density at radius 2 is 2.05 bits per heavy atom. The van der Waals surface area contributed by atoms with Crippen LogP contribution in [-0.4, -0.2) is 27.8 Å². The Balaban J connectivity index is 1.78. The van der Waals surface area contributed by atoms with Crippen molar-refractivity contribution in [1.29, 1.82) is 0 Å². The van der Waals surface area contributed by atoms with Gasteiger partial charge in [0.1, 0.15) is 5.60 Å². The molecular weight excluding hydrogens is 260 g/mol. The molecule has 0 bridgehead atoms. The molecule has 1 aromatic heterocycles. The van der Waals surface area contributed by atoms with Crippen LogP contribution in [0.1, 0.15) is 57.2 Å². The predicted octanol–water partition coefficient (Wildman–Crippen LogP) is 2.28. The quantitative estimate of drug-likeness (QED) is 0.910. The summed E-state index contributed by atoms with van der Waals surface area (Å²) in [7, 11) is 0. The Kier molecular flexibility index (Phi) is 3.28. The minimum Gasteiger partial charge on any atom is -0.481 e. The van der Waals surface area contributed by atoms with Gasteiger partial charge in [0.05, 0.1) is 5.41 Å². The zero-order chi connectivity index (χ0) is 14.2. The van der Waals surface area contributed by atoms with Crippen molar-refractivity contribution in [2.45, 2.75) is 57.5 Å². The van der Waals surface area contributed by atoms with Crippen LogP contribution in [0.15, 0.2) is 4.52 Å². The number of hydrogen-bond acceptors (Lipinski definition) is 5. The number of rotatable bonds is 4. The van der Waals surface area contributed by atoms with Crippen LogP contribution in [0.5, 0.6) is 0 Å². The molecule has 1 aromatic rings. The maximum Gasteiger partial charge on any atom is 0.310 e. The lowest BCUT2D eigenvalue weighted by Crippen LogP contribution is -2.30. The molecule has 1 aliphatic heterocycles. The fourth-order valence-corrected chi connectivity index (χ4v) is 3.30. The summed E-state index contributed by atoms with van der Waals surface area (Å²) in [6, 6.07) is 0. The molecule has 1 aliphatic carbocycles. The summed E-state index contributed by atoms with van der Waals surface area (Å²) in [5, 5.41) is 13.5. The lowest BCUT2D eigenvalue weighted by Gasteiger charge is -2.21. The maximum absolute atomic E-state index is 11.5. The number of carbonyl (C=O) groups is 1. The zero-order valence-electron chi connectivity index (χ0n) is 11.7. The average molecular weight is 280 g/mol. The van der Waals surface area contributed by atoms with E-state index in [1.54, 1.807) is 0 Å². The minimum absolute atomic E-state index is 0.325. The second-order valence-corrected chi connectivity index (χ2v) is 6.16. The summed E-state index contributed by atoms with van der Waals surface area (Å²) in [4.78, 5) is 15.9. The highest BCUT2D eigenvalue weighted by Gasteiger charge is 2.44. The largest absolute Gasteiger partial charge is 0.481 e. The summed E-state index contributed by atoms with van der Waals surface area (Å²) in [6.45, 7) is 2.66. The van der Waals surface area contributed by atoms with Crippen molar-refractivity contribution < 1.29 is 19.2 Å². The summed E-state index contributed by atoms with van der Waals surface area (Å²) in [6.07, 6.45) is 5.46. The first-order valence-electron chi connectivity index (χ1n) is 7.25. The van der Waals surface area contributed by atoms with Crippen molar-refractivity contribution in [2.75, 3.05) is 6.61 Å². The fourth-order valence-electron chi connectivity index (χ4n) is 3.30. The average Bonchev–Trinajstić information content (AvgIpc) is 3.10. The first kappa shape index (κ1) is 13.5. The van der Waals surface area contributed by atoms with Gasteiger partial charge < -0.3 is 14.4 Å². The van der Waals surface area contributed by atoms with Crippen molar-refractivity contribution in [3.8, 4) is 0 Å². The van der Waals surface area contributed by atoms with Crippen LogP contribution >= 0.6 is 0 Å². The van der Waals surface area contributed by atoms with Crippen molar-refractivity contribution in [2.24, 2.45) is 5.41 Å². The third-order valence-electron chi connectivity index (χ3n) is 4.66. The molecule has 6 nitrogen and oxygen atoms in total. The molecule has 0 amide bonds. The van der Waals surface area contributed by atoms with Crippen molar-refractivity contribution in [3.63, 3.8) is 0 Å². The molecule has 1 N–H and O–H groups in total. The lowest BCUT2D eigenvalue weighted by molar-refractivity contribution is -0.148. The Morgan fingerprint density at radius 1 is 1.30 bits per heavy atom. The number of carboxylic acid groups (broad SMARTS) is 1. The minimum atomic E-state index is -0.752. The molecule has 0 radical (unpaired) electrons. The molecule has 6 heteroatoms. The molecule has 3 rings (SSSR count). The molecule has 0 aromatic carbocycles. The smallest absolute Gasteiger partial charge is 0.310 e. The fraction of sp³-hybridized carbons (Fsp3) is 0.786. The van der Waals surface area contributed by atoms with E-state index in [0.29, 0.717) is 37.6 Å². The monoisotopic (exact) mass is 280 g/mol. The highest BCUT2D eigenvalue weighted by molar-refractivity contribution is 5.75. The predicted molar refractivity (Wildman–Crippen MR) is 69.1 cm³/mol. The summed E-state index contributed by atoms with van der Waals surface area (Å²) in [5.74, 6) is 0.211. The van der Waals surface area contributed by atoms with Gasteiger partial charge in [-0.2, -0.15) is 4.98 Å². The molecule has 1 saturated carbocycles. The van der Waals surface area contributed by atoms with Crippen LogP contribution < -0.4 is 0 Å². The van der Waals surface area contributed by atoms with Gasteiger partial charge in [-0.15, -0.1) is 0 Å². The van der Waals surface area contributed by atoms with E-state index < -0.39 is 17.0 Å². The number of aromatic nitrogens is 2. The summed E-state index contributed by atoms with van der Waals surface area (Å²) < 4.78 is 11.0. The summed E-state index contributed by atoms with van der Waals surface area (Å²) in [5.41, 5.74) is -1.20. The van der Waals surface area contributed by atoms with Gasteiger partial charge in [0.25, 0.3) is 0 Å². The van der Waals surface area contributed by atoms with Gasteiger partial charge in [0.2, 0.25) is 11.7 Å². The van der Waals surface area contributed by atoms with Gasteiger partial charge in [-0.05, 0) is 32.6 Å². The number of ether oxygens (including phenoxy) is 1. The molecule has 2 aliphatic rings. The lowest BCUT2D eigenvalue weighted by atomic mass is 9.83. The van der Waals surface area contributed by atoms with Gasteiger partial charge in [-0.1, -0.05) is 18.0 Å². The standard InChI is InChI=1S/C14H20N2O4/c1-13(5-4-8-19-13)11-15-10(20-16-11)9-14(12(17)18)6-2-3-7-14/h2-9H2,1H3,(H,17,18). The molecule has 20 heavy (non-hydrogen) atoms. The number of aliphatic carboxylic acids is 1. The van der Waals surface area contributed by atoms with Crippen LogP contribution in [0.4, 0.5) is 0 Å². The van der Waals surface area contributed by atoms with Crippen LogP contribution in [0.2, 0.25) is 0 Å². The Bertz CT molecular complexity index is 499. The van der Waals surface area contributed by atoms with Crippen LogP contribution in [0.3, 0.4) is 0 Å². The first-order valence-corrected chi connectivity index (χ1v) is 7.25. The van der Waals surface area contributed by atoms with Gasteiger partial charge >= 0.3 is 5.97 Å². The molecule has 1 saturated heterocycles. The third-order valence-corrected chi connectivity index (χ3v) is 4.66. The van der Waals surface area contributed by atoms with Gasteiger partial charge in [0, 0.05) is 13.0 Å². The zero-order valence-corrected chi connectivity index (χ0v) is 11.7. The Morgan fingerprint density at radius 3 is 2.65 bits per heavy atom. The Labute approximate surface area is 117 Å². The van der Waals surface area contributed by atoms with Gasteiger partial charge in [0.15, 0.2) is 0 Å². The maximum atomic E-state index is 11.5. The van der Waals surface area contributed by atoms with Crippen molar-refractivity contribution in [1.82, 2.24) is 10.1 Å². The van der Waals surface area contributed by atoms with Gasteiger partial charge in [-0.3, -0.25) is 4.79 Å². The van der Waals surface area contributed by atoms with E-state index >= 15 is 0 Å². The molecule has 1 unspecified atom stereocenters. The number of carboxylic acids is 1. The second kappa shape index (κ2) is 4.84. The van der Waals surface area contributed by atoms with Gasteiger partial charge in [-0.25, -0.2) is 0 Å². The van der Waals surface area contributed by atoms with Crippen LogP contribution in [0.25, 0.3) is 0 Å². The van der Waals surface area contributed by atoms with E-state index in [1.807, 2.05) is 6.92 Å².